The normalized spacial score (nSPS) is 28.0. The molecule has 0 saturated heterocycles. The van der Waals surface area contributed by atoms with E-state index in [4.69, 9.17) is 0 Å². The van der Waals surface area contributed by atoms with Crippen molar-refractivity contribution in [3.05, 3.63) is 0 Å². The Hall–Kier alpha value is 1.29. The summed E-state index contributed by atoms with van der Waals surface area (Å²) in [6.07, 6.45) is 28.1. The number of rotatable bonds is 13. The number of hydrogen-bond acceptors (Lipinski definition) is 0. The van der Waals surface area contributed by atoms with Gasteiger partial charge in [-0.25, -0.2) is 0 Å². The van der Waals surface area contributed by atoms with Crippen molar-refractivity contribution in [3.8, 4) is 0 Å². The maximum absolute atomic E-state index is 2.77. The zero-order valence-corrected chi connectivity index (χ0v) is 31.4. The molecule has 3 fully saturated rings. The van der Waals surface area contributed by atoms with Gasteiger partial charge in [-0.2, -0.15) is 0 Å². The first-order valence-electron chi connectivity index (χ1n) is 18.0. The number of hydrogen-bond donors (Lipinski definition) is 0. The maximum Gasteiger partial charge on any atom is 0.0705 e. The molecule has 39 heavy (non-hydrogen) atoms. The first-order chi connectivity index (χ1) is 18.4. The van der Waals surface area contributed by atoms with Crippen LogP contribution in [-0.4, -0.2) is 71.9 Å². The average molecular weight is 600 g/mol. The summed E-state index contributed by atoms with van der Waals surface area (Å²) >= 11 is 0. The zero-order valence-electron chi connectivity index (χ0n) is 28.7. The lowest BCUT2D eigenvalue weighted by molar-refractivity contribution is 0.347. The first kappa shape index (κ1) is 34.8. The molecule has 3 rings (SSSR count). The Kier molecular flexibility index (Phi) is 13.7. The summed E-state index contributed by atoms with van der Waals surface area (Å²) in [5.74, 6) is 1.02. The monoisotopic (exact) mass is 599 g/mol. The minimum absolute atomic E-state index is 0.711. The van der Waals surface area contributed by atoms with Gasteiger partial charge in [0.25, 0.3) is 0 Å². The molecule has 3 saturated carbocycles. The summed E-state index contributed by atoms with van der Waals surface area (Å²) in [4.78, 5) is 0. The topological polar surface area (TPSA) is 0 Å². The van der Waals surface area contributed by atoms with Crippen LogP contribution in [0.3, 0.4) is 0 Å². The third kappa shape index (κ3) is 7.88. The Morgan fingerprint density at radius 3 is 1.44 bits per heavy atom. The predicted molar refractivity (Wildman–Crippen MR) is 192 cm³/mol. The lowest BCUT2D eigenvalue weighted by atomic mass is 9.87. The van der Waals surface area contributed by atoms with Gasteiger partial charge in [-0.15, -0.1) is 0 Å². The molecule has 0 nitrogen and oxygen atoms in total. The van der Waals surface area contributed by atoms with E-state index in [1.807, 2.05) is 0 Å². The van der Waals surface area contributed by atoms with Gasteiger partial charge < -0.3 is 0 Å². The fourth-order valence-corrected chi connectivity index (χ4v) is 24.9. The Balaban J connectivity index is 1.76. The highest BCUT2D eigenvalue weighted by molar-refractivity contribution is 7.78. The predicted octanol–water partition coefficient (Wildman–Crippen LogP) is 12.5. The average Bonchev–Trinajstić information content (AvgIpc) is 2.92. The largest absolute Gasteiger partial charge is 0.0705 e. The molecule has 0 aromatic carbocycles. The third-order valence-corrected chi connectivity index (χ3v) is 29.8. The molecule has 0 amide bonds. The highest BCUT2D eigenvalue weighted by atomic mass is 31.2. The van der Waals surface area contributed by atoms with E-state index in [9.17, 15) is 0 Å². The Bertz CT molecular complexity index is 671. The van der Waals surface area contributed by atoms with Crippen LogP contribution in [0.25, 0.3) is 0 Å². The van der Waals surface area contributed by atoms with Gasteiger partial charge in [0, 0.05) is 41.8 Å². The van der Waals surface area contributed by atoms with Gasteiger partial charge in [0.05, 0.1) is 51.9 Å². The molecule has 0 aromatic rings. The summed E-state index contributed by atoms with van der Waals surface area (Å²) in [5, 5.41) is 0. The van der Waals surface area contributed by atoms with Gasteiger partial charge in [0.1, 0.15) is 0 Å². The Morgan fingerprint density at radius 2 is 1.05 bits per heavy atom. The second-order valence-corrected chi connectivity index (χ2v) is 31.5. The molecule has 0 aromatic heterocycles. The van der Waals surface area contributed by atoms with Crippen molar-refractivity contribution in [2.75, 3.05) is 32.3 Å². The van der Waals surface area contributed by atoms with Gasteiger partial charge in [-0.05, 0) is 144 Å². The zero-order chi connectivity index (χ0) is 28.8. The van der Waals surface area contributed by atoms with Gasteiger partial charge >= 0.3 is 0 Å². The lowest BCUT2D eigenvalue weighted by Gasteiger charge is -2.52. The molecule has 0 bridgehead atoms. The Morgan fingerprint density at radius 1 is 0.590 bits per heavy atom. The van der Waals surface area contributed by atoms with E-state index in [0.29, 0.717) is 0 Å². The van der Waals surface area contributed by atoms with E-state index < -0.39 is 21.8 Å². The highest BCUT2D eigenvalue weighted by Gasteiger charge is 2.60. The minimum atomic E-state index is -0.950. The third-order valence-electron chi connectivity index (χ3n) is 13.3. The molecule has 230 valence electrons. The molecular weight excluding hydrogens is 525 g/mol. The summed E-state index contributed by atoms with van der Waals surface area (Å²) in [7, 11) is -2.59. The van der Waals surface area contributed by atoms with E-state index in [2.05, 4.69) is 68.5 Å². The summed E-state index contributed by atoms with van der Waals surface area (Å²) in [6, 6.07) is 0. The van der Waals surface area contributed by atoms with Crippen molar-refractivity contribution < 1.29 is 0 Å². The van der Waals surface area contributed by atoms with Crippen LogP contribution in [0.15, 0.2) is 0 Å². The summed E-state index contributed by atoms with van der Waals surface area (Å²) in [6.45, 7) is 26.3. The summed E-state index contributed by atoms with van der Waals surface area (Å²) < 4.78 is 0. The maximum atomic E-state index is 2.77. The molecule has 0 heterocycles. The summed E-state index contributed by atoms with van der Waals surface area (Å²) in [5.41, 5.74) is 7.24. The van der Waals surface area contributed by atoms with Gasteiger partial charge in [-0.1, -0.05) is 12.8 Å². The van der Waals surface area contributed by atoms with Crippen molar-refractivity contribution in [2.24, 2.45) is 5.92 Å². The molecule has 3 atom stereocenters. The lowest BCUT2D eigenvalue weighted by Crippen LogP contribution is -2.42. The van der Waals surface area contributed by atoms with Gasteiger partial charge in [0.2, 0.25) is 0 Å². The smallest absolute Gasteiger partial charge is 0.0530 e. The fourth-order valence-electron chi connectivity index (χ4n) is 10.5. The van der Waals surface area contributed by atoms with Crippen molar-refractivity contribution >= 4 is 21.8 Å². The van der Waals surface area contributed by atoms with Crippen molar-refractivity contribution in [3.63, 3.8) is 0 Å². The molecule has 3 aliphatic rings. The SMILES string of the molecule is CC[P+](CCCC(C)[P+](C)(C)C)(C(C)C)C(C)C1CCC([P+](C(C)C)(C2CCCCC2)C2CCCCC2)CC1. The van der Waals surface area contributed by atoms with E-state index in [-0.39, 0.29) is 0 Å². The molecule has 0 N–H and O–H groups in total. The van der Waals surface area contributed by atoms with Crippen LogP contribution in [0, 0.1) is 5.92 Å². The van der Waals surface area contributed by atoms with Crippen LogP contribution in [0.5, 0.6) is 0 Å². The standard InChI is InChI=1S/C36H74P3/c1-11-38(29(2)3,28-18-19-31(6)37(8,9)10)32(7)33-24-26-36(27-25-33)39(30(4)5,34-20-14-12-15-21-34)35-22-16-13-17-23-35/h29-36H,11-28H2,1-10H3/q+3. The van der Waals surface area contributed by atoms with Crippen molar-refractivity contribution in [1.82, 2.24) is 0 Å². The van der Waals surface area contributed by atoms with Crippen LogP contribution in [-0.2, 0) is 0 Å². The van der Waals surface area contributed by atoms with E-state index in [1.165, 1.54) is 31.8 Å². The highest BCUT2D eigenvalue weighted by Crippen LogP contribution is 2.80. The van der Waals surface area contributed by atoms with Gasteiger partial charge in [0.15, 0.2) is 0 Å². The van der Waals surface area contributed by atoms with Crippen LogP contribution in [0.1, 0.15) is 151 Å². The molecule has 3 aliphatic carbocycles. The molecular formula is C36H74P3+3. The van der Waals surface area contributed by atoms with Crippen LogP contribution >= 0.6 is 21.8 Å². The Labute approximate surface area is 250 Å². The first-order valence-corrected chi connectivity index (χ1v) is 25.5. The molecule has 0 spiro atoms. The van der Waals surface area contributed by atoms with Gasteiger partial charge in [-0.3, -0.25) is 0 Å². The molecule has 3 unspecified atom stereocenters. The van der Waals surface area contributed by atoms with Crippen LogP contribution in [0.2, 0.25) is 0 Å². The van der Waals surface area contributed by atoms with Crippen molar-refractivity contribution in [1.29, 1.82) is 0 Å². The van der Waals surface area contributed by atoms with E-state index >= 15 is 0 Å². The van der Waals surface area contributed by atoms with Crippen LogP contribution < -0.4 is 0 Å². The van der Waals surface area contributed by atoms with Crippen LogP contribution in [0.4, 0.5) is 0 Å². The van der Waals surface area contributed by atoms with E-state index in [1.54, 1.807) is 83.2 Å². The fraction of sp³-hybridized carbons (Fsp3) is 1.00. The van der Waals surface area contributed by atoms with Crippen molar-refractivity contribution in [2.45, 2.75) is 191 Å². The quantitative estimate of drug-likeness (QED) is 0.185. The molecule has 3 heteroatoms. The molecule has 0 radical (unpaired) electrons. The van der Waals surface area contributed by atoms with E-state index in [0.717, 1.165) is 45.5 Å². The second kappa shape index (κ2) is 15.3. The second-order valence-electron chi connectivity index (χ2n) is 16.2. The minimum Gasteiger partial charge on any atom is -0.0530 e. The molecule has 0 aliphatic heterocycles.